The molecule has 7 rings (SSSR count). The van der Waals surface area contributed by atoms with E-state index in [2.05, 4.69) is 41.5 Å². The first-order valence-electron chi connectivity index (χ1n) is 21.3. The molecule has 14 heteroatoms. The third-order valence-electron chi connectivity index (χ3n) is 17.5. The predicted octanol–water partition coefficient (Wildman–Crippen LogP) is 1.36. The summed E-state index contributed by atoms with van der Waals surface area (Å²) < 4.78 is 31.1. The van der Waals surface area contributed by atoms with Gasteiger partial charge < -0.3 is 69.6 Å². The summed E-state index contributed by atoms with van der Waals surface area (Å²) in [6.07, 6.45) is -8.45. The van der Waals surface area contributed by atoms with Crippen molar-refractivity contribution in [2.45, 2.75) is 204 Å². The first-order valence-corrected chi connectivity index (χ1v) is 21.3. The van der Waals surface area contributed by atoms with Gasteiger partial charge in [0.15, 0.2) is 12.6 Å². The number of rotatable bonds is 8. The summed E-state index contributed by atoms with van der Waals surface area (Å²) in [4.78, 5) is 0. The van der Waals surface area contributed by atoms with Gasteiger partial charge in [-0.1, -0.05) is 34.6 Å². The van der Waals surface area contributed by atoms with Gasteiger partial charge in [0.2, 0.25) is 0 Å². The largest absolute Gasteiger partial charge is 0.394 e. The van der Waals surface area contributed by atoms with E-state index in [1.807, 2.05) is 13.8 Å². The highest BCUT2D eigenvalue weighted by molar-refractivity contribution is 5.20. The first kappa shape index (κ1) is 43.5. The van der Waals surface area contributed by atoms with Crippen molar-refractivity contribution >= 4 is 0 Å². The van der Waals surface area contributed by atoms with E-state index in [1.165, 1.54) is 0 Å². The molecule has 0 amide bonds. The number of ether oxygens (including phenoxy) is 5. The van der Waals surface area contributed by atoms with Crippen molar-refractivity contribution in [3.63, 3.8) is 0 Å². The summed E-state index contributed by atoms with van der Waals surface area (Å²) in [6.45, 7) is 16.3. The quantitative estimate of drug-likeness (QED) is 0.158. The van der Waals surface area contributed by atoms with Crippen LogP contribution >= 0.6 is 0 Å². The van der Waals surface area contributed by atoms with Gasteiger partial charge in [0.1, 0.15) is 48.8 Å². The van der Waals surface area contributed by atoms with Crippen LogP contribution in [0.25, 0.3) is 0 Å². The maximum atomic E-state index is 12.3. The van der Waals surface area contributed by atoms with Gasteiger partial charge in [-0.3, -0.25) is 0 Å². The third kappa shape index (κ3) is 6.58. The van der Waals surface area contributed by atoms with E-state index >= 15 is 0 Å². The van der Waals surface area contributed by atoms with Crippen LogP contribution in [-0.2, 0) is 23.7 Å². The number of aliphatic hydroxyl groups is 9. The van der Waals surface area contributed by atoms with Crippen LogP contribution in [0.15, 0.2) is 0 Å². The summed E-state index contributed by atoms with van der Waals surface area (Å²) in [5, 5.41) is 96.5. The molecule has 7 fully saturated rings. The maximum absolute atomic E-state index is 12.3. The van der Waals surface area contributed by atoms with Crippen LogP contribution in [0.5, 0.6) is 0 Å². The maximum Gasteiger partial charge on any atom is 0.187 e. The van der Waals surface area contributed by atoms with Crippen LogP contribution in [0.4, 0.5) is 0 Å². The molecule has 56 heavy (non-hydrogen) atoms. The summed E-state index contributed by atoms with van der Waals surface area (Å²) in [5.74, 6) is 0.725. The zero-order valence-electron chi connectivity index (χ0n) is 34.7. The van der Waals surface area contributed by atoms with Crippen LogP contribution < -0.4 is 0 Å². The zero-order valence-corrected chi connectivity index (χ0v) is 34.7. The number of fused-ring (bicyclic) bond motifs is 5. The molecule has 0 bridgehead atoms. The molecule has 4 aliphatic carbocycles. The highest BCUT2D eigenvalue weighted by Crippen LogP contribution is 2.76. The second-order valence-corrected chi connectivity index (χ2v) is 21.1. The molecular formula is C42H72O14. The highest BCUT2D eigenvalue weighted by Gasteiger charge is 2.72. The molecule has 9 N–H and O–H groups in total. The smallest absolute Gasteiger partial charge is 0.187 e. The average molecular weight is 801 g/mol. The molecule has 3 aliphatic heterocycles. The van der Waals surface area contributed by atoms with Crippen LogP contribution in [-0.4, -0.2) is 150 Å². The average Bonchev–Trinajstić information content (AvgIpc) is 3.73. The summed E-state index contributed by atoms with van der Waals surface area (Å²) >= 11 is 0. The zero-order chi connectivity index (χ0) is 41.1. The molecule has 0 aromatic carbocycles. The van der Waals surface area contributed by atoms with Gasteiger partial charge in [-0.15, -0.1) is 0 Å². The van der Waals surface area contributed by atoms with Crippen LogP contribution in [0.2, 0.25) is 0 Å². The van der Waals surface area contributed by atoms with Gasteiger partial charge in [0.05, 0.1) is 42.7 Å². The van der Waals surface area contributed by atoms with E-state index in [-0.39, 0.29) is 46.0 Å². The van der Waals surface area contributed by atoms with Crippen molar-refractivity contribution in [3.8, 4) is 0 Å². The molecule has 21 atom stereocenters. The minimum absolute atomic E-state index is 0.0311. The Labute approximate surface area is 331 Å². The third-order valence-corrected chi connectivity index (χ3v) is 17.5. The molecule has 0 aromatic heterocycles. The fraction of sp³-hybridized carbons (Fsp3) is 1.00. The lowest BCUT2D eigenvalue weighted by molar-refractivity contribution is -0.378. The Morgan fingerprint density at radius 1 is 0.643 bits per heavy atom. The molecule has 0 aromatic rings. The molecule has 4 saturated carbocycles. The lowest BCUT2D eigenvalue weighted by Crippen LogP contribution is -2.68. The fourth-order valence-corrected chi connectivity index (χ4v) is 14.1. The molecule has 14 nitrogen and oxygen atoms in total. The van der Waals surface area contributed by atoms with Crippen molar-refractivity contribution in [1.82, 2.24) is 0 Å². The Balaban J connectivity index is 1.11. The van der Waals surface area contributed by atoms with Crippen LogP contribution in [0.3, 0.4) is 0 Å². The molecule has 7 aliphatic rings. The second-order valence-electron chi connectivity index (χ2n) is 21.1. The SMILES string of the molecule is CC(C)(O)[C@H]1CC[C@@](C)(C2CC[C@]3(C)C2[C@H](O)CC2[C@@]4(C)CC[C@H](O[C@@H]5OC(CO)[C@@H](O)C(O)C5O[C@@H]5OC(CO)[C@@H](O)C(O)C5O)C(C)(C)C4CC[C@]23C)O1. The first-order chi connectivity index (χ1) is 26.0. The fourth-order valence-electron chi connectivity index (χ4n) is 14.1. The second kappa shape index (κ2) is 14.8. The van der Waals surface area contributed by atoms with Gasteiger partial charge >= 0.3 is 0 Å². The molecule has 10 unspecified atom stereocenters. The Hall–Kier alpha value is -0.560. The minimum Gasteiger partial charge on any atom is -0.394 e. The molecule has 0 spiro atoms. The van der Waals surface area contributed by atoms with Crippen LogP contribution in [0, 0.1) is 45.3 Å². The van der Waals surface area contributed by atoms with Gasteiger partial charge in [-0.2, -0.15) is 0 Å². The Bertz CT molecular complexity index is 1410. The van der Waals surface area contributed by atoms with Gasteiger partial charge in [0, 0.05) is 0 Å². The van der Waals surface area contributed by atoms with Crippen molar-refractivity contribution < 1.29 is 69.6 Å². The van der Waals surface area contributed by atoms with E-state index in [0.29, 0.717) is 12.8 Å². The summed E-state index contributed by atoms with van der Waals surface area (Å²) in [7, 11) is 0. The molecule has 324 valence electrons. The van der Waals surface area contributed by atoms with E-state index < -0.39 is 103 Å². The van der Waals surface area contributed by atoms with Crippen molar-refractivity contribution in [2.75, 3.05) is 13.2 Å². The Kier molecular flexibility index (Phi) is 11.5. The Morgan fingerprint density at radius 2 is 1.25 bits per heavy atom. The molecular weight excluding hydrogens is 728 g/mol. The summed E-state index contributed by atoms with van der Waals surface area (Å²) in [6, 6.07) is 0. The topological polar surface area (TPSA) is 228 Å². The van der Waals surface area contributed by atoms with Gasteiger partial charge in [-0.25, -0.2) is 0 Å². The Morgan fingerprint density at radius 3 is 1.86 bits per heavy atom. The van der Waals surface area contributed by atoms with E-state index in [9.17, 15) is 46.0 Å². The van der Waals surface area contributed by atoms with Crippen molar-refractivity contribution in [3.05, 3.63) is 0 Å². The number of hydrogen-bond acceptors (Lipinski definition) is 14. The van der Waals surface area contributed by atoms with Gasteiger partial charge in [-0.05, 0) is 124 Å². The van der Waals surface area contributed by atoms with Crippen molar-refractivity contribution in [2.24, 2.45) is 45.3 Å². The molecule has 3 heterocycles. The monoisotopic (exact) mass is 800 g/mol. The number of hydrogen-bond donors (Lipinski definition) is 9. The van der Waals surface area contributed by atoms with E-state index in [1.54, 1.807) is 0 Å². The lowest BCUT2D eigenvalue weighted by Gasteiger charge is -2.70. The highest BCUT2D eigenvalue weighted by atomic mass is 16.8. The van der Waals surface area contributed by atoms with Crippen molar-refractivity contribution in [1.29, 1.82) is 0 Å². The van der Waals surface area contributed by atoms with Gasteiger partial charge in [0.25, 0.3) is 0 Å². The normalized spacial score (nSPS) is 56.0. The lowest BCUT2D eigenvalue weighted by atomic mass is 9.35. The van der Waals surface area contributed by atoms with E-state index in [0.717, 1.165) is 44.9 Å². The standard InChI is InChI=1S/C42H72O14/c1-37(2)24-10-15-40(6)25(17-21(45)28-20(9-14-41(28,40)7)42(8)16-12-27(56-42)38(3,4)51)39(24,5)13-11-26(37)54-36-34(32(49)30(47)23(19-44)53-36)55-35-33(50)31(48)29(46)22(18-43)52-35/h20-36,43-51H,9-19H2,1-8H3/t20?,21-,22?,23?,24?,25?,26+,27-,28?,29-,30-,31?,32?,33?,34?,35+,36+,39+,40-,41-,42+/m1/s1. The molecule has 3 saturated heterocycles. The predicted molar refractivity (Wildman–Crippen MR) is 200 cm³/mol. The van der Waals surface area contributed by atoms with Crippen LogP contribution in [0.1, 0.15) is 113 Å². The minimum atomic E-state index is -1.75. The summed E-state index contributed by atoms with van der Waals surface area (Å²) in [5.41, 5.74) is -2.03. The molecule has 0 radical (unpaired) electrons. The van der Waals surface area contributed by atoms with E-state index in [4.69, 9.17) is 23.7 Å². The number of aliphatic hydroxyl groups excluding tert-OH is 8.